The van der Waals surface area contributed by atoms with E-state index in [0.717, 1.165) is 0 Å². The van der Waals surface area contributed by atoms with Gasteiger partial charge in [0.1, 0.15) is 0 Å². The first-order valence-electron chi connectivity index (χ1n) is 6.42. The smallest absolute Gasteiger partial charge is 0.0704 e. The van der Waals surface area contributed by atoms with Gasteiger partial charge in [0.05, 0.1) is 11.2 Å². The van der Waals surface area contributed by atoms with Crippen molar-refractivity contribution in [1.29, 1.82) is 0 Å². The van der Waals surface area contributed by atoms with Crippen LogP contribution in [0.15, 0.2) is 0 Å². The zero-order valence-electron chi connectivity index (χ0n) is 10.5. The summed E-state index contributed by atoms with van der Waals surface area (Å²) in [4.78, 5) is 2.59. The highest BCUT2D eigenvalue weighted by atomic mass is 16.5. The Balaban J connectivity index is 1.73. The summed E-state index contributed by atoms with van der Waals surface area (Å²) in [7, 11) is 0. The minimum Gasteiger partial charge on any atom is -0.369 e. The summed E-state index contributed by atoms with van der Waals surface area (Å²) >= 11 is 0. The molecule has 0 aromatic carbocycles. The standard InChI is InChI=1S/C13H25NO/c1-12(2,3)15-13(6-7-13)8-11-14-9-4-5-10-14/h4-11H2,1-3H3. The minimum atomic E-state index is 0.0293. The van der Waals surface area contributed by atoms with Gasteiger partial charge in [0.25, 0.3) is 0 Å². The normalized spacial score (nSPS) is 25.8. The number of hydrogen-bond acceptors (Lipinski definition) is 2. The topological polar surface area (TPSA) is 12.5 Å². The van der Waals surface area contributed by atoms with Gasteiger partial charge < -0.3 is 9.64 Å². The summed E-state index contributed by atoms with van der Waals surface area (Å²) in [5.74, 6) is 0. The third-order valence-electron chi connectivity index (χ3n) is 3.41. The molecule has 2 aliphatic rings. The molecule has 0 aromatic rings. The Hall–Kier alpha value is -0.0800. The van der Waals surface area contributed by atoms with E-state index >= 15 is 0 Å². The summed E-state index contributed by atoms with van der Waals surface area (Å²) in [6, 6.07) is 0. The molecule has 0 amide bonds. The lowest BCUT2D eigenvalue weighted by atomic mass is 10.1. The summed E-state index contributed by atoms with van der Waals surface area (Å²) in [5.41, 5.74) is 0.280. The lowest BCUT2D eigenvalue weighted by Crippen LogP contribution is -2.32. The van der Waals surface area contributed by atoms with Crippen LogP contribution in [0.25, 0.3) is 0 Å². The lowest BCUT2D eigenvalue weighted by molar-refractivity contribution is -0.0816. The van der Waals surface area contributed by atoms with Gasteiger partial charge in [-0.3, -0.25) is 0 Å². The molecule has 2 fully saturated rings. The highest BCUT2D eigenvalue weighted by Crippen LogP contribution is 2.45. The second kappa shape index (κ2) is 4.06. The van der Waals surface area contributed by atoms with Crippen LogP contribution in [0, 0.1) is 0 Å². The lowest BCUT2D eigenvalue weighted by Gasteiger charge is -2.29. The minimum absolute atomic E-state index is 0.0293. The molecule has 88 valence electrons. The summed E-state index contributed by atoms with van der Waals surface area (Å²) < 4.78 is 6.17. The van der Waals surface area contributed by atoms with Crippen LogP contribution in [0.5, 0.6) is 0 Å². The van der Waals surface area contributed by atoms with E-state index in [1.807, 2.05) is 0 Å². The Morgan fingerprint density at radius 3 is 2.20 bits per heavy atom. The van der Waals surface area contributed by atoms with Gasteiger partial charge in [0, 0.05) is 6.54 Å². The van der Waals surface area contributed by atoms with E-state index in [0.29, 0.717) is 0 Å². The molecule has 0 atom stereocenters. The van der Waals surface area contributed by atoms with E-state index in [-0.39, 0.29) is 11.2 Å². The molecule has 15 heavy (non-hydrogen) atoms. The molecule has 2 nitrogen and oxygen atoms in total. The average Bonchev–Trinajstić information content (AvgIpc) is 2.66. The van der Waals surface area contributed by atoms with Crippen LogP contribution in [0.3, 0.4) is 0 Å². The molecule has 0 spiro atoms. The van der Waals surface area contributed by atoms with E-state index in [1.165, 1.54) is 51.7 Å². The monoisotopic (exact) mass is 211 g/mol. The Kier molecular flexibility index (Phi) is 3.09. The van der Waals surface area contributed by atoms with Gasteiger partial charge in [-0.25, -0.2) is 0 Å². The van der Waals surface area contributed by atoms with Gasteiger partial charge in [-0.2, -0.15) is 0 Å². The van der Waals surface area contributed by atoms with E-state index in [1.54, 1.807) is 0 Å². The molecule has 0 N–H and O–H groups in total. The molecule has 2 heteroatoms. The molecule has 2 rings (SSSR count). The summed E-state index contributed by atoms with van der Waals surface area (Å²) in [5, 5.41) is 0. The van der Waals surface area contributed by atoms with E-state index in [2.05, 4.69) is 25.7 Å². The molecule has 1 saturated heterocycles. The second-order valence-corrected chi connectivity index (χ2v) is 6.20. The first-order valence-corrected chi connectivity index (χ1v) is 6.42. The Labute approximate surface area is 94.0 Å². The maximum absolute atomic E-state index is 6.17. The van der Waals surface area contributed by atoms with Gasteiger partial charge in [-0.1, -0.05) is 0 Å². The van der Waals surface area contributed by atoms with Gasteiger partial charge in [0.2, 0.25) is 0 Å². The fourth-order valence-electron chi connectivity index (χ4n) is 2.56. The van der Waals surface area contributed by atoms with Crippen LogP contribution in [0.2, 0.25) is 0 Å². The zero-order chi connectivity index (χ0) is 10.9. The fraction of sp³-hybridized carbons (Fsp3) is 1.00. The molecule has 1 heterocycles. The van der Waals surface area contributed by atoms with Crippen LogP contribution in [-0.4, -0.2) is 35.7 Å². The van der Waals surface area contributed by atoms with Crippen molar-refractivity contribution in [2.24, 2.45) is 0 Å². The number of likely N-dealkylation sites (tertiary alicyclic amines) is 1. The third kappa shape index (κ3) is 3.46. The predicted octanol–water partition coefficient (Wildman–Crippen LogP) is 2.82. The molecule has 1 saturated carbocycles. The van der Waals surface area contributed by atoms with E-state index in [9.17, 15) is 0 Å². The van der Waals surface area contributed by atoms with Crippen molar-refractivity contribution < 1.29 is 4.74 Å². The molecule has 0 aromatic heterocycles. The molecule has 0 radical (unpaired) electrons. The van der Waals surface area contributed by atoms with Gasteiger partial charge >= 0.3 is 0 Å². The first kappa shape index (κ1) is 11.4. The van der Waals surface area contributed by atoms with Crippen molar-refractivity contribution in [3.8, 4) is 0 Å². The van der Waals surface area contributed by atoms with Crippen LogP contribution in [0.4, 0.5) is 0 Å². The average molecular weight is 211 g/mol. The number of ether oxygens (including phenoxy) is 1. The maximum Gasteiger partial charge on any atom is 0.0704 e. The van der Waals surface area contributed by atoms with Crippen molar-refractivity contribution in [3.63, 3.8) is 0 Å². The highest BCUT2D eigenvalue weighted by Gasteiger charge is 2.46. The Morgan fingerprint density at radius 1 is 1.13 bits per heavy atom. The quantitative estimate of drug-likeness (QED) is 0.709. The van der Waals surface area contributed by atoms with Crippen molar-refractivity contribution in [2.75, 3.05) is 19.6 Å². The summed E-state index contributed by atoms with van der Waals surface area (Å²) in [6.07, 6.45) is 6.58. The summed E-state index contributed by atoms with van der Waals surface area (Å²) in [6.45, 7) is 10.4. The Bertz CT molecular complexity index is 209. The van der Waals surface area contributed by atoms with Gasteiger partial charge in [0.15, 0.2) is 0 Å². The first-order chi connectivity index (χ1) is 6.99. The highest BCUT2D eigenvalue weighted by molar-refractivity contribution is 4.98. The fourth-order valence-corrected chi connectivity index (χ4v) is 2.56. The molecule has 0 bridgehead atoms. The van der Waals surface area contributed by atoms with Crippen LogP contribution < -0.4 is 0 Å². The predicted molar refractivity (Wildman–Crippen MR) is 63.1 cm³/mol. The van der Waals surface area contributed by atoms with E-state index < -0.39 is 0 Å². The van der Waals surface area contributed by atoms with E-state index in [4.69, 9.17) is 4.74 Å². The van der Waals surface area contributed by atoms with Crippen molar-refractivity contribution in [1.82, 2.24) is 4.90 Å². The molecular formula is C13H25NO. The Morgan fingerprint density at radius 2 is 1.73 bits per heavy atom. The van der Waals surface area contributed by atoms with Gasteiger partial charge in [-0.05, 0) is 66.0 Å². The maximum atomic E-state index is 6.17. The molecule has 1 aliphatic heterocycles. The number of nitrogens with zero attached hydrogens (tertiary/aromatic N) is 1. The molecule has 1 aliphatic carbocycles. The largest absolute Gasteiger partial charge is 0.369 e. The SMILES string of the molecule is CC(C)(C)OC1(CCN2CCCC2)CC1. The molecule has 0 unspecified atom stereocenters. The van der Waals surface area contributed by atoms with Crippen LogP contribution in [-0.2, 0) is 4.74 Å². The van der Waals surface area contributed by atoms with Crippen molar-refractivity contribution >= 4 is 0 Å². The van der Waals surface area contributed by atoms with Crippen LogP contribution in [0.1, 0.15) is 52.9 Å². The van der Waals surface area contributed by atoms with Crippen molar-refractivity contribution in [2.45, 2.75) is 64.1 Å². The van der Waals surface area contributed by atoms with Crippen molar-refractivity contribution in [3.05, 3.63) is 0 Å². The van der Waals surface area contributed by atoms with Crippen LogP contribution >= 0.6 is 0 Å². The number of rotatable bonds is 4. The second-order valence-electron chi connectivity index (χ2n) is 6.20. The number of hydrogen-bond donors (Lipinski definition) is 0. The third-order valence-corrected chi connectivity index (χ3v) is 3.41. The van der Waals surface area contributed by atoms with Gasteiger partial charge in [-0.15, -0.1) is 0 Å². The molecular weight excluding hydrogens is 186 g/mol. The zero-order valence-corrected chi connectivity index (χ0v) is 10.5.